The Morgan fingerprint density at radius 2 is 1.92 bits per heavy atom. The van der Waals surface area contributed by atoms with Crippen molar-refractivity contribution in [2.75, 3.05) is 12.4 Å². The van der Waals surface area contributed by atoms with Crippen LogP contribution in [0.3, 0.4) is 0 Å². The molecule has 0 unspecified atom stereocenters. The highest BCUT2D eigenvalue weighted by atomic mass is 28.4. The zero-order valence-corrected chi connectivity index (χ0v) is 9.72. The lowest BCUT2D eigenvalue weighted by Crippen LogP contribution is -2.29. The van der Waals surface area contributed by atoms with Gasteiger partial charge in [0.05, 0.1) is 0 Å². The third-order valence-corrected chi connectivity index (χ3v) is 2.39. The van der Waals surface area contributed by atoms with Gasteiger partial charge in [-0.15, -0.1) is 0 Å². The van der Waals surface area contributed by atoms with Crippen LogP contribution in [0.4, 0.5) is 5.69 Å². The number of anilines is 1. The Labute approximate surface area is 81.1 Å². The van der Waals surface area contributed by atoms with Crippen LogP contribution < -0.4 is 9.74 Å². The molecular weight excluding hydrogens is 178 g/mol. The number of hydrogen-bond acceptors (Lipinski definition) is 2. The largest absolute Gasteiger partial charge is 0.544 e. The second kappa shape index (κ2) is 3.83. The van der Waals surface area contributed by atoms with Gasteiger partial charge in [-0.2, -0.15) is 0 Å². The summed E-state index contributed by atoms with van der Waals surface area (Å²) in [5.41, 5.74) is 1.09. The fraction of sp³-hybridized carbons (Fsp3) is 0.400. The first kappa shape index (κ1) is 10.1. The predicted octanol–water partition coefficient (Wildman–Crippen LogP) is 2.94. The van der Waals surface area contributed by atoms with Crippen LogP contribution in [0.15, 0.2) is 24.3 Å². The summed E-state index contributed by atoms with van der Waals surface area (Å²) in [5.74, 6) is 0.964. The molecule has 0 aliphatic heterocycles. The second-order valence-electron chi connectivity index (χ2n) is 3.99. The van der Waals surface area contributed by atoms with Crippen molar-refractivity contribution in [1.29, 1.82) is 0 Å². The fourth-order valence-corrected chi connectivity index (χ4v) is 1.90. The predicted molar refractivity (Wildman–Crippen MR) is 60.0 cm³/mol. The van der Waals surface area contributed by atoms with E-state index >= 15 is 0 Å². The maximum Gasteiger partial charge on any atom is 0.242 e. The molecule has 0 heterocycles. The van der Waals surface area contributed by atoms with Crippen molar-refractivity contribution in [3.63, 3.8) is 0 Å². The Morgan fingerprint density at radius 3 is 2.46 bits per heavy atom. The van der Waals surface area contributed by atoms with Gasteiger partial charge in [0.2, 0.25) is 8.32 Å². The van der Waals surface area contributed by atoms with Gasteiger partial charge in [-0.3, -0.25) is 0 Å². The van der Waals surface area contributed by atoms with Crippen LogP contribution in [-0.2, 0) is 0 Å². The molecule has 0 aliphatic carbocycles. The summed E-state index contributed by atoms with van der Waals surface area (Å²) in [7, 11) is 0.449. The summed E-state index contributed by atoms with van der Waals surface area (Å²) in [4.78, 5) is 0. The van der Waals surface area contributed by atoms with Gasteiger partial charge in [-0.25, -0.2) is 0 Å². The molecule has 0 fully saturated rings. The van der Waals surface area contributed by atoms with Gasteiger partial charge < -0.3 is 9.74 Å². The molecule has 1 aromatic rings. The standard InChI is InChI=1S/C10H17NOSi/c1-11-9-6-5-7-10(8-9)12-13(2,3)4/h5-8,11H,1-4H3. The molecule has 72 valence electrons. The van der Waals surface area contributed by atoms with Gasteiger partial charge in [-0.05, 0) is 31.8 Å². The second-order valence-corrected chi connectivity index (χ2v) is 8.42. The molecule has 0 atom stereocenters. The molecule has 0 amide bonds. The lowest BCUT2D eigenvalue weighted by molar-refractivity contribution is 0.558. The van der Waals surface area contributed by atoms with E-state index in [0.29, 0.717) is 0 Å². The first-order chi connectivity index (χ1) is 6.01. The van der Waals surface area contributed by atoms with Crippen LogP contribution in [0.2, 0.25) is 19.6 Å². The van der Waals surface area contributed by atoms with Crippen LogP contribution in [0.1, 0.15) is 0 Å². The molecule has 1 rings (SSSR count). The highest BCUT2D eigenvalue weighted by Gasteiger charge is 2.15. The van der Waals surface area contributed by atoms with Gasteiger partial charge in [0.25, 0.3) is 0 Å². The Kier molecular flexibility index (Phi) is 2.98. The third kappa shape index (κ3) is 3.50. The smallest absolute Gasteiger partial charge is 0.242 e. The molecule has 13 heavy (non-hydrogen) atoms. The summed E-state index contributed by atoms with van der Waals surface area (Å²) in [6.07, 6.45) is 0. The average molecular weight is 195 g/mol. The molecule has 0 saturated carbocycles. The van der Waals surface area contributed by atoms with E-state index in [-0.39, 0.29) is 0 Å². The average Bonchev–Trinajstić information content (AvgIpc) is 2.01. The Balaban J connectivity index is 2.78. The lowest BCUT2D eigenvalue weighted by atomic mass is 10.3. The summed E-state index contributed by atoms with van der Waals surface area (Å²) < 4.78 is 5.84. The van der Waals surface area contributed by atoms with Crippen LogP contribution in [0, 0.1) is 0 Å². The van der Waals surface area contributed by atoms with Gasteiger partial charge in [0.1, 0.15) is 5.75 Å². The molecule has 1 aromatic carbocycles. The van der Waals surface area contributed by atoms with Crippen LogP contribution in [0.5, 0.6) is 5.75 Å². The van der Waals surface area contributed by atoms with Gasteiger partial charge in [-0.1, -0.05) is 6.07 Å². The van der Waals surface area contributed by atoms with Crippen LogP contribution in [-0.4, -0.2) is 15.4 Å². The minimum absolute atomic E-state index is 0.964. The molecule has 2 nitrogen and oxygen atoms in total. The van der Waals surface area contributed by atoms with E-state index in [2.05, 4.69) is 25.0 Å². The zero-order chi connectivity index (χ0) is 9.90. The summed E-state index contributed by atoms with van der Waals surface area (Å²) in [6, 6.07) is 8.05. The van der Waals surface area contributed by atoms with Gasteiger partial charge in [0, 0.05) is 18.8 Å². The van der Waals surface area contributed by atoms with E-state index in [0.717, 1.165) is 11.4 Å². The maximum absolute atomic E-state index is 5.84. The van der Waals surface area contributed by atoms with E-state index < -0.39 is 8.32 Å². The molecule has 1 N–H and O–H groups in total. The minimum Gasteiger partial charge on any atom is -0.544 e. The third-order valence-electron chi connectivity index (χ3n) is 1.55. The lowest BCUT2D eigenvalue weighted by Gasteiger charge is -2.19. The molecule has 3 heteroatoms. The maximum atomic E-state index is 5.84. The molecule has 0 saturated heterocycles. The summed E-state index contributed by atoms with van der Waals surface area (Å²) in [5, 5.41) is 3.09. The monoisotopic (exact) mass is 195 g/mol. The highest BCUT2D eigenvalue weighted by Crippen LogP contribution is 2.19. The van der Waals surface area contributed by atoms with E-state index in [9.17, 15) is 0 Å². The topological polar surface area (TPSA) is 21.3 Å². The van der Waals surface area contributed by atoms with Crippen molar-refractivity contribution in [2.24, 2.45) is 0 Å². The normalized spacial score (nSPS) is 11.1. The molecule has 0 radical (unpaired) electrons. The van der Waals surface area contributed by atoms with E-state index in [1.807, 2.05) is 31.3 Å². The van der Waals surface area contributed by atoms with Crippen molar-refractivity contribution in [3.05, 3.63) is 24.3 Å². The fourth-order valence-electron chi connectivity index (χ4n) is 1.07. The number of hydrogen-bond donors (Lipinski definition) is 1. The van der Waals surface area contributed by atoms with Crippen molar-refractivity contribution in [1.82, 2.24) is 0 Å². The first-order valence-corrected chi connectivity index (χ1v) is 7.89. The highest BCUT2D eigenvalue weighted by molar-refractivity contribution is 6.70. The SMILES string of the molecule is CNc1cccc(O[Si](C)(C)C)c1. The van der Waals surface area contributed by atoms with Crippen LogP contribution in [0.25, 0.3) is 0 Å². The van der Waals surface area contributed by atoms with E-state index in [4.69, 9.17) is 4.43 Å². The summed E-state index contributed by atoms with van der Waals surface area (Å²) >= 11 is 0. The Morgan fingerprint density at radius 1 is 1.23 bits per heavy atom. The minimum atomic E-state index is -1.46. The molecule has 0 aliphatic rings. The molecule has 0 spiro atoms. The molecular formula is C10H17NOSi. The van der Waals surface area contributed by atoms with Crippen molar-refractivity contribution < 1.29 is 4.43 Å². The number of benzene rings is 1. The number of rotatable bonds is 3. The van der Waals surface area contributed by atoms with Gasteiger partial charge in [0.15, 0.2) is 0 Å². The summed E-state index contributed by atoms with van der Waals surface area (Å²) in [6.45, 7) is 6.54. The van der Waals surface area contributed by atoms with Crippen molar-refractivity contribution in [3.8, 4) is 5.75 Å². The Hall–Kier alpha value is -0.963. The Bertz CT molecular complexity index is 280. The van der Waals surface area contributed by atoms with Crippen molar-refractivity contribution in [2.45, 2.75) is 19.6 Å². The van der Waals surface area contributed by atoms with E-state index in [1.54, 1.807) is 0 Å². The van der Waals surface area contributed by atoms with Crippen LogP contribution >= 0.6 is 0 Å². The number of nitrogens with one attached hydrogen (secondary N) is 1. The first-order valence-electron chi connectivity index (χ1n) is 4.48. The van der Waals surface area contributed by atoms with E-state index in [1.165, 1.54) is 0 Å². The van der Waals surface area contributed by atoms with Gasteiger partial charge >= 0.3 is 0 Å². The molecule has 0 aromatic heterocycles. The van der Waals surface area contributed by atoms with Crippen molar-refractivity contribution >= 4 is 14.0 Å². The zero-order valence-electron chi connectivity index (χ0n) is 8.72. The molecule has 0 bridgehead atoms. The quantitative estimate of drug-likeness (QED) is 0.749.